The highest BCUT2D eigenvalue weighted by molar-refractivity contribution is 8.00. The highest BCUT2D eigenvalue weighted by Crippen LogP contribution is 2.26. The Morgan fingerprint density at radius 3 is 2.57 bits per heavy atom. The molecule has 1 fully saturated rings. The van der Waals surface area contributed by atoms with Gasteiger partial charge in [-0.2, -0.15) is 0 Å². The number of hydrogen-bond acceptors (Lipinski definition) is 6. The Kier molecular flexibility index (Phi) is 5.91. The topological polar surface area (TPSA) is 72.3 Å². The molecule has 2 heterocycles. The fraction of sp³-hybridized carbons (Fsp3) is 0.800. The molecule has 1 N–H and O–H groups in total. The lowest BCUT2D eigenvalue weighted by molar-refractivity contribution is -0.121. The largest absolute Gasteiger partial charge is 0.378 e. The summed E-state index contributed by atoms with van der Waals surface area (Å²) in [5, 5.41) is 12.2. The molecule has 1 unspecified atom stereocenters. The zero-order valence-electron chi connectivity index (χ0n) is 14.6. The van der Waals surface area contributed by atoms with Crippen LogP contribution in [0.15, 0.2) is 5.16 Å². The van der Waals surface area contributed by atoms with Crippen molar-refractivity contribution in [3.05, 3.63) is 0 Å². The second kappa shape index (κ2) is 7.53. The molecule has 1 aromatic rings. The van der Waals surface area contributed by atoms with Gasteiger partial charge in [0.1, 0.15) is 0 Å². The first-order chi connectivity index (χ1) is 10.8. The Hall–Kier alpha value is -1.28. The van der Waals surface area contributed by atoms with Crippen molar-refractivity contribution in [2.75, 3.05) is 31.2 Å². The van der Waals surface area contributed by atoms with Crippen molar-refractivity contribution in [1.29, 1.82) is 0 Å². The van der Waals surface area contributed by atoms with Gasteiger partial charge in [0.2, 0.25) is 11.9 Å². The van der Waals surface area contributed by atoms with E-state index in [1.807, 2.05) is 27.7 Å². The number of ether oxygens (including phenoxy) is 1. The van der Waals surface area contributed by atoms with Crippen molar-refractivity contribution in [3.63, 3.8) is 0 Å². The Balaban J connectivity index is 2.08. The van der Waals surface area contributed by atoms with E-state index in [0.717, 1.165) is 30.7 Å². The van der Waals surface area contributed by atoms with E-state index in [4.69, 9.17) is 4.74 Å². The number of hydrogen-bond donors (Lipinski definition) is 1. The number of rotatable bonds is 5. The van der Waals surface area contributed by atoms with Gasteiger partial charge in [0.15, 0.2) is 5.16 Å². The maximum atomic E-state index is 12.3. The lowest BCUT2D eigenvalue weighted by Crippen LogP contribution is -2.44. The summed E-state index contributed by atoms with van der Waals surface area (Å²) in [5.41, 5.74) is -0.233. The lowest BCUT2D eigenvalue weighted by Gasteiger charge is -2.27. The Labute approximate surface area is 142 Å². The van der Waals surface area contributed by atoms with E-state index in [-0.39, 0.29) is 16.7 Å². The first-order valence-corrected chi connectivity index (χ1v) is 8.94. The van der Waals surface area contributed by atoms with Gasteiger partial charge in [0.25, 0.3) is 0 Å². The number of aromatic nitrogens is 3. The smallest absolute Gasteiger partial charge is 0.233 e. The van der Waals surface area contributed by atoms with Crippen molar-refractivity contribution in [1.82, 2.24) is 20.1 Å². The van der Waals surface area contributed by atoms with Crippen molar-refractivity contribution in [2.45, 2.75) is 57.1 Å². The number of carbonyl (C=O) groups excluding carboxylic acids is 1. The summed E-state index contributed by atoms with van der Waals surface area (Å²) in [7, 11) is 0. The van der Waals surface area contributed by atoms with Crippen LogP contribution in [0.4, 0.5) is 5.95 Å². The van der Waals surface area contributed by atoms with Crippen molar-refractivity contribution in [3.8, 4) is 0 Å². The Bertz CT molecular complexity index is 534. The third-order valence-electron chi connectivity index (χ3n) is 3.46. The minimum Gasteiger partial charge on any atom is -0.378 e. The van der Waals surface area contributed by atoms with E-state index in [2.05, 4.69) is 31.9 Å². The van der Waals surface area contributed by atoms with Gasteiger partial charge in [0.05, 0.1) is 18.5 Å². The summed E-state index contributed by atoms with van der Waals surface area (Å²) >= 11 is 1.45. The average molecular weight is 341 g/mol. The van der Waals surface area contributed by atoms with E-state index in [9.17, 15) is 4.79 Å². The first kappa shape index (κ1) is 18.1. The molecule has 130 valence electrons. The number of amides is 1. The van der Waals surface area contributed by atoms with E-state index >= 15 is 0 Å². The molecule has 0 saturated carbocycles. The molecule has 0 aliphatic carbocycles. The fourth-order valence-corrected chi connectivity index (χ4v) is 3.23. The van der Waals surface area contributed by atoms with E-state index in [0.29, 0.717) is 13.2 Å². The summed E-state index contributed by atoms with van der Waals surface area (Å²) < 4.78 is 7.45. The molecule has 23 heavy (non-hydrogen) atoms. The van der Waals surface area contributed by atoms with Crippen LogP contribution in [-0.4, -0.2) is 57.8 Å². The summed E-state index contributed by atoms with van der Waals surface area (Å²) in [6.45, 7) is 13.7. The zero-order valence-corrected chi connectivity index (χ0v) is 15.4. The van der Waals surface area contributed by atoms with Gasteiger partial charge in [0, 0.05) is 25.2 Å². The third kappa shape index (κ3) is 4.84. The Morgan fingerprint density at radius 2 is 2.00 bits per heavy atom. The van der Waals surface area contributed by atoms with Gasteiger partial charge in [-0.25, -0.2) is 0 Å². The molecule has 1 aliphatic heterocycles. The molecular weight excluding hydrogens is 314 g/mol. The summed E-state index contributed by atoms with van der Waals surface area (Å²) in [5.74, 6) is 0.878. The van der Waals surface area contributed by atoms with Crippen LogP contribution in [0, 0.1) is 0 Å². The minimum atomic E-state index is -0.233. The van der Waals surface area contributed by atoms with Gasteiger partial charge in [-0.3, -0.25) is 9.36 Å². The predicted molar refractivity (Wildman–Crippen MR) is 91.9 cm³/mol. The average Bonchev–Trinajstić information content (AvgIpc) is 2.89. The molecule has 0 radical (unpaired) electrons. The summed E-state index contributed by atoms with van der Waals surface area (Å²) in [6, 6.07) is 0. The summed E-state index contributed by atoms with van der Waals surface area (Å²) in [6.07, 6.45) is 0. The van der Waals surface area contributed by atoms with Crippen LogP contribution >= 0.6 is 11.8 Å². The normalized spacial score (nSPS) is 17.2. The van der Waals surface area contributed by atoms with Crippen LogP contribution < -0.4 is 10.2 Å². The first-order valence-electron chi connectivity index (χ1n) is 8.06. The monoisotopic (exact) mass is 341 g/mol. The molecule has 1 aliphatic rings. The van der Waals surface area contributed by atoms with Crippen LogP contribution in [0.3, 0.4) is 0 Å². The minimum absolute atomic E-state index is 0.0149. The van der Waals surface area contributed by atoms with Gasteiger partial charge >= 0.3 is 0 Å². The molecule has 0 bridgehead atoms. The highest BCUT2D eigenvalue weighted by atomic mass is 32.2. The lowest BCUT2D eigenvalue weighted by atomic mass is 10.1. The SMILES string of the molecule is CCn1c(SC(C)C(=O)NC(C)(C)C)nnc1N1CCOCC1. The van der Waals surface area contributed by atoms with Gasteiger partial charge in [-0.15, -0.1) is 10.2 Å². The molecule has 1 atom stereocenters. The number of nitrogens with one attached hydrogen (secondary N) is 1. The highest BCUT2D eigenvalue weighted by Gasteiger charge is 2.24. The second-order valence-corrected chi connectivity index (χ2v) is 7.93. The zero-order chi connectivity index (χ0) is 17.0. The van der Waals surface area contributed by atoms with Crippen molar-refractivity contribution < 1.29 is 9.53 Å². The molecule has 0 aromatic carbocycles. The number of morpholine rings is 1. The standard InChI is InChI=1S/C15H27N5O2S/c1-6-20-13(19-7-9-22-10-8-19)17-18-14(20)23-11(2)12(21)16-15(3,4)5/h11H,6-10H2,1-5H3,(H,16,21). The van der Waals surface area contributed by atoms with Crippen molar-refractivity contribution >= 4 is 23.6 Å². The third-order valence-corrected chi connectivity index (χ3v) is 4.54. The second-order valence-electron chi connectivity index (χ2n) is 6.63. The fourth-order valence-electron chi connectivity index (χ4n) is 2.33. The molecule has 0 spiro atoms. The van der Waals surface area contributed by atoms with E-state index in [1.54, 1.807) is 0 Å². The Morgan fingerprint density at radius 1 is 1.35 bits per heavy atom. The predicted octanol–water partition coefficient (Wildman–Crippen LogP) is 1.53. The van der Waals surface area contributed by atoms with Crippen molar-refractivity contribution in [2.24, 2.45) is 0 Å². The maximum Gasteiger partial charge on any atom is 0.233 e. The summed E-state index contributed by atoms with van der Waals surface area (Å²) in [4.78, 5) is 14.4. The number of nitrogens with zero attached hydrogens (tertiary/aromatic N) is 4. The molecular formula is C15H27N5O2S. The van der Waals surface area contributed by atoms with Gasteiger partial charge in [-0.05, 0) is 34.6 Å². The van der Waals surface area contributed by atoms with Crippen LogP contribution in [0.2, 0.25) is 0 Å². The molecule has 1 saturated heterocycles. The van der Waals surface area contributed by atoms with Crippen LogP contribution in [-0.2, 0) is 16.1 Å². The molecule has 8 heteroatoms. The maximum absolute atomic E-state index is 12.3. The van der Waals surface area contributed by atoms with Crippen LogP contribution in [0.25, 0.3) is 0 Å². The number of anilines is 1. The van der Waals surface area contributed by atoms with E-state index < -0.39 is 0 Å². The van der Waals surface area contributed by atoms with E-state index in [1.165, 1.54) is 11.8 Å². The van der Waals surface area contributed by atoms with Gasteiger partial charge in [-0.1, -0.05) is 11.8 Å². The van der Waals surface area contributed by atoms with Crippen LogP contribution in [0.5, 0.6) is 0 Å². The number of carbonyl (C=O) groups is 1. The molecule has 1 aromatic heterocycles. The van der Waals surface area contributed by atoms with Crippen LogP contribution in [0.1, 0.15) is 34.6 Å². The number of thioether (sulfide) groups is 1. The molecule has 2 rings (SSSR count). The van der Waals surface area contributed by atoms with Gasteiger partial charge < -0.3 is 15.0 Å². The molecule has 7 nitrogen and oxygen atoms in total. The molecule has 1 amide bonds. The quantitative estimate of drug-likeness (QED) is 0.819.